The average Bonchev–Trinajstić information content (AvgIpc) is 2.60. The Morgan fingerprint density at radius 2 is 1.81 bits per heavy atom. The van der Waals surface area contributed by atoms with Gasteiger partial charge in [0.05, 0.1) is 23.6 Å². The molecule has 0 unspecified atom stereocenters. The van der Waals surface area contributed by atoms with Gasteiger partial charge in [0, 0.05) is 13.1 Å². The van der Waals surface area contributed by atoms with E-state index >= 15 is 0 Å². The molecular formula is C19H18ClF2NO3. The van der Waals surface area contributed by atoms with E-state index in [0.29, 0.717) is 5.56 Å². The lowest BCUT2D eigenvalue weighted by molar-refractivity contribution is -0.143. The minimum absolute atomic E-state index is 0.0136. The van der Waals surface area contributed by atoms with Crippen LogP contribution >= 0.6 is 11.6 Å². The van der Waals surface area contributed by atoms with E-state index in [1.807, 2.05) is 0 Å². The third kappa shape index (κ3) is 5.26. The summed E-state index contributed by atoms with van der Waals surface area (Å²) in [6.07, 6.45) is -0.0488. The van der Waals surface area contributed by atoms with E-state index in [2.05, 4.69) is 0 Å². The molecule has 0 N–H and O–H groups in total. The third-order valence-electron chi connectivity index (χ3n) is 3.64. The Morgan fingerprint density at radius 1 is 1.12 bits per heavy atom. The van der Waals surface area contributed by atoms with Gasteiger partial charge in [-0.3, -0.25) is 9.59 Å². The molecular weight excluding hydrogens is 364 g/mol. The van der Waals surface area contributed by atoms with E-state index in [1.54, 1.807) is 6.92 Å². The van der Waals surface area contributed by atoms with Gasteiger partial charge in [0.1, 0.15) is 11.6 Å². The zero-order valence-electron chi connectivity index (χ0n) is 14.2. The van der Waals surface area contributed by atoms with Crippen molar-refractivity contribution in [3.63, 3.8) is 0 Å². The molecule has 1 amide bonds. The summed E-state index contributed by atoms with van der Waals surface area (Å²) in [4.78, 5) is 25.7. The second-order valence-electron chi connectivity index (χ2n) is 5.50. The van der Waals surface area contributed by atoms with Crippen molar-refractivity contribution >= 4 is 23.5 Å². The van der Waals surface area contributed by atoms with Crippen LogP contribution in [0.4, 0.5) is 8.78 Å². The van der Waals surface area contributed by atoms with Crippen molar-refractivity contribution in [1.82, 2.24) is 4.90 Å². The highest BCUT2D eigenvalue weighted by Crippen LogP contribution is 2.22. The smallest absolute Gasteiger partial charge is 0.307 e. The van der Waals surface area contributed by atoms with Crippen LogP contribution in [-0.4, -0.2) is 29.9 Å². The minimum Gasteiger partial charge on any atom is -0.466 e. The highest BCUT2D eigenvalue weighted by molar-refractivity contribution is 6.33. The lowest BCUT2D eigenvalue weighted by atomic mass is 10.1. The van der Waals surface area contributed by atoms with Gasteiger partial charge in [-0.2, -0.15) is 0 Å². The fourth-order valence-corrected chi connectivity index (χ4v) is 2.63. The van der Waals surface area contributed by atoms with Gasteiger partial charge >= 0.3 is 5.97 Å². The van der Waals surface area contributed by atoms with Crippen LogP contribution in [-0.2, 0) is 16.1 Å². The maximum absolute atomic E-state index is 14.1. The fourth-order valence-electron chi connectivity index (χ4n) is 2.38. The van der Waals surface area contributed by atoms with Crippen molar-refractivity contribution in [1.29, 1.82) is 0 Å². The Bertz CT molecular complexity index is 761. The molecule has 2 rings (SSSR count). The Morgan fingerprint density at radius 3 is 2.42 bits per heavy atom. The molecule has 7 heteroatoms. The van der Waals surface area contributed by atoms with Crippen LogP contribution in [0.1, 0.15) is 29.3 Å². The lowest BCUT2D eigenvalue weighted by Crippen LogP contribution is -2.33. The highest BCUT2D eigenvalue weighted by atomic mass is 35.5. The first-order valence-electron chi connectivity index (χ1n) is 8.05. The van der Waals surface area contributed by atoms with Gasteiger partial charge in [0.15, 0.2) is 0 Å². The minimum atomic E-state index is -0.747. The SMILES string of the molecule is CCOC(=O)CCN(Cc1ccc(F)cc1)C(=O)c1c(F)cccc1Cl. The first-order valence-corrected chi connectivity index (χ1v) is 8.43. The molecule has 138 valence electrons. The summed E-state index contributed by atoms with van der Waals surface area (Å²) < 4.78 is 32.0. The van der Waals surface area contributed by atoms with E-state index in [9.17, 15) is 18.4 Å². The zero-order valence-corrected chi connectivity index (χ0v) is 14.9. The standard InChI is InChI=1S/C19H18ClF2NO3/c1-2-26-17(24)10-11-23(12-13-6-8-14(21)9-7-13)19(25)18-15(20)4-3-5-16(18)22/h3-9H,2,10-12H2,1H3. The van der Waals surface area contributed by atoms with Gasteiger partial charge in [0.2, 0.25) is 0 Å². The molecule has 0 aliphatic heterocycles. The highest BCUT2D eigenvalue weighted by Gasteiger charge is 2.23. The van der Waals surface area contributed by atoms with Crippen LogP contribution in [0.25, 0.3) is 0 Å². The molecule has 0 saturated heterocycles. The number of esters is 1. The Hall–Kier alpha value is -2.47. The van der Waals surface area contributed by atoms with E-state index in [-0.39, 0.29) is 36.7 Å². The molecule has 0 aliphatic carbocycles. The largest absolute Gasteiger partial charge is 0.466 e. The summed E-state index contributed by atoms with van der Waals surface area (Å²) >= 11 is 5.98. The number of benzene rings is 2. The molecule has 0 heterocycles. The van der Waals surface area contributed by atoms with Crippen LogP contribution in [0.15, 0.2) is 42.5 Å². The van der Waals surface area contributed by atoms with Crippen LogP contribution in [0.3, 0.4) is 0 Å². The second kappa shape index (κ2) is 9.29. The van der Waals surface area contributed by atoms with Gasteiger partial charge in [-0.25, -0.2) is 8.78 Å². The maximum atomic E-state index is 14.1. The van der Waals surface area contributed by atoms with E-state index in [1.165, 1.54) is 41.3 Å². The number of hydrogen-bond acceptors (Lipinski definition) is 3. The molecule has 0 saturated carbocycles. The third-order valence-corrected chi connectivity index (χ3v) is 3.96. The lowest BCUT2D eigenvalue weighted by Gasteiger charge is -2.23. The summed E-state index contributed by atoms with van der Waals surface area (Å²) in [5.41, 5.74) is 0.371. The Balaban J connectivity index is 2.25. The fraction of sp³-hybridized carbons (Fsp3) is 0.263. The van der Waals surface area contributed by atoms with Crippen molar-refractivity contribution in [3.8, 4) is 0 Å². The summed E-state index contributed by atoms with van der Waals surface area (Å²) in [6.45, 7) is 1.99. The number of carbonyl (C=O) groups excluding carboxylic acids is 2. The average molecular weight is 382 g/mol. The van der Waals surface area contributed by atoms with Gasteiger partial charge < -0.3 is 9.64 Å². The Kier molecular flexibility index (Phi) is 7.09. The van der Waals surface area contributed by atoms with Crippen molar-refractivity contribution in [2.24, 2.45) is 0 Å². The molecule has 0 bridgehead atoms. The predicted molar refractivity (Wildman–Crippen MR) is 93.8 cm³/mol. The first-order chi connectivity index (χ1) is 12.4. The summed E-state index contributed by atoms with van der Waals surface area (Å²) in [5, 5.41) is -0.0183. The molecule has 0 aliphatic rings. The number of carbonyl (C=O) groups is 2. The van der Waals surface area contributed by atoms with E-state index < -0.39 is 23.5 Å². The molecule has 0 aromatic heterocycles. The molecule has 0 atom stereocenters. The quantitative estimate of drug-likeness (QED) is 0.675. The maximum Gasteiger partial charge on any atom is 0.307 e. The summed E-state index contributed by atoms with van der Waals surface area (Å²) in [5.74, 6) is -2.27. The van der Waals surface area contributed by atoms with Crippen LogP contribution in [0.5, 0.6) is 0 Å². The van der Waals surface area contributed by atoms with Gasteiger partial charge in [-0.05, 0) is 36.8 Å². The molecule has 0 radical (unpaired) electrons. The Labute approximate surface area is 155 Å². The number of rotatable bonds is 7. The van der Waals surface area contributed by atoms with Crippen molar-refractivity contribution in [2.45, 2.75) is 19.9 Å². The van der Waals surface area contributed by atoms with Gasteiger partial charge in [-0.1, -0.05) is 29.8 Å². The molecule has 26 heavy (non-hydrogen) atoms. The summed E-state index contributed by atoms with van der Waals surface area (Å²) in [7, 11) is 0. The molecule has 4 nitrogen and oxygen atoms in total. The van der Waals surface area contributed by atoms with Crippen LogP contribution in [0.2, 0.25) is 5.02 Å². The van der Waals surface area contributed by atoms with Crippen LogP contribution < -0.4 is 0 Å². The zero-order chi connectivity index (χ0) is 19.1. The number of halogens is 3. The topological polar surface area (TPSA) is 46.6 Å². The molecule has 0 fully saturated rings. The van der Waals surface area contributed by atoms with E-state index in [0.717, 1.165) is 6.07 Å². The number of hydrogen-bond donors (Lipinski definition) is 0. The van der Waals surface area contributed by atoms with Crippen molar-refractivity contribution in [3.05, 3.63) is 70.2 Å². The molecule has 2 aromatic carbocycles. The van der Waals surface area contributed by atoms with Crippen LogP contribution in [0, 0.1) is 11.6 Å². The predicted octanol–water partition coefficient (Wildman–Crippen LogP) is 4.21. The molecule has 0 spiro atoms. The number of nitrogens with zero attached hydrogens (tertiary/aromatic N) is 1. The van der Waals surface area contributed by atoms with Gasteiger partial charge in [-0.15, -0.1) is 0 Å². The summed E-state index contributed by atoms with van der Waals surface area (Å²) in [6, 6.07) is 9.52. The van der Waals surface area contributed by atoms with Crippen molar-refractivity contribution in [2.75, 3.05) is 13.2 Å². The number of amides is 1. The first kappa shape index (κ1) is 19.8. The molecule has 2 aromatic rings. The monoisotopic (exact) mass is 381 g/mol. The number of ether oxygens (including phenoxy) is 1. The van der Waals surface area contributed by atoms with Crippen molar-refractivity contribution < 1.29 is 23.1 Å². The normalized spacial score (nSPS) is 10.5. The van der Waals surface area contributed by atoms with Gasteiger partial charge in [0.25, 0.3) is 5.91 Å². The second-order valence-corrected chi connectivity index (χ2v) is 5.91. The van der Waals surface area contributed by atoms with E-state index in [4.69, 9.17) is 16.3 Å².